The Morgan fingerprint density at radius 2 is 1.86 bits per heavy atom. The fourth-order valence-electron chi connectivity index (χ4n) is 3.84. The zero-order valence-electron chi connectivity index (χ0n) is 17.5. The number of ether oxygens (including phenoxy) is 2. The van der Waals surface area contributed by atoms with Gasteiger partial charge in [0, 0.05) is 12.6 Å². The van der Waals surface area contributed by atoms with Crippen LogP contribution in [-0.4, -0.2) is 32.2 Å². The van der Waals surface area contributed by atoms with Crippen LogP contribution in [0.15, 0.2) is 42.5 Å². The van der Waals surface area contributed by atoms with E-state index in [1.165, 1.54) is 11.1 Å². The summed E-state index contributed by atoms with van der Waals surface area (Å²) in [6.45, 7) is 6.05. The smallest absolute Gasteiger partial charge is 0.233 e. The molecule has 0 aliphatic heterocycles. The van der Waals surface area contributed by atoms with E-state index < -0.39 is 0 Å². The molecule has 5 nitrogen and oxygen atoms in total. The van der Waals surface area contributed by atoms with Crippen LogP contribution in [0.25, 0.3) is 0 Å². The number of hydrogen-bond donors (Lipinski definition) is 2. The summed E-state index contributed by atoms with van der Waals surface area (Å²) in [6.07, 6.45) is 4.13. The van der Waals surface area contributed by atoms with Gasteiger partial charge in [0.15, 0.2) is 11.5 Å². The minimum absolute atomic E-state index is 0.0315. The maximum Gasteiger partial charge on any atom is 0.233 e. The average molecular weight is 397 g/mol. The zero-order valence-corrected chi connectivity index (χ0v) is 17.5. The standard InChI is InChI=1S/C24H32N2O3/c1-3-28-22-13-12-18(16-23(22)29-4-2)14-15-25-24(27)17-26-21-11-7-9-19-8-5-6-10-20(19)21/h5-6,8,10,12-13,16,21,26H,3-4,7,9,11,14-15,17H2,1-2H3,(H,25,27)/t21-/m1/s1. The van der Waals surface area contributed by atoms with Crippen LogP contribution in [0, 0.1) is 0 Å². The molecule has 0 radical (unpaired) electrons. The first-order valence-corrected chi connectivity index (χ1v) is 10.7. The first-order valence-electron chi connectivity index (χ1n) is 10.7. The molecular weight excluding hydrogens is 364 g/mol. The van der Waals surface area contributed by atoms with Crippen LogP contribution in [0.5, 0.6) is 11.5 Å². The van der Waals surface area contributed by atoms with Crippen LogP contribution < -0.4 is 20.1 Å². The highest BCUT2D eigenvalue weighted by atomic mass is 16.5. The SMILES string of the molecule is CCOc1ccc(CCNC(=O)CN[C@@H]2CCCc3ccccc32)cc1OCC. The summed E-state index contributed by atoms with van der Waals surface area (Å²) in [5.41, 5.74) is 3.85. The lowest BCUT2D eigenvalue weighted by atomic mass is 9.88. The van der Waals surface area contributed by atoms with Crippen molar-refractivity contribution in [2.45, 2.75) is 45.6 Å². The van der Waals surface area contributed by atoms with E-state index in [1.807, 2.05) is 32.0 Å². The molecule has 0 bridgehead atoms. The third-order valence-corrected chi connectivity index (χ3v) is 5.22. The molecule has 5 heteroatoms. The highest BCUT2D eigenvalue weighted by Crippen LogP contribution is 2.29. The van der Waals surface area contributed by atoms with Crippen LogP contribution in [0.3, 0.4) is 0 Å². The average Bonchev–Trinajstić information content (AvgIpc) is 2.74. The molecule has 29 heavy (non-hydrogen) atoms. The third kappa shape index (κ3) is 5.97. The molecule has 2 aromatic rings. The monoisotopic (exact) mass is 396 g/mol. The van der Waals surface area contributed by atoms with Crippen molar-refractivity contribution in [1.29, 1.82) is 0 Å². The topological polar surface area (TPSA) is 59.6 Å². The Labute approximate surface area is 173 Å². The largest absolute Gasteiger partial charge is 0.490 e. The molecule has 2 aromatic carbocycles. The number of aryl methyl sites for hydroxylation is 1. The molecule has 1 amide bonds. The number of benzene rings is 2. The predicted molar refractivity (Wildman–Crippen MR) is 116 cm³/mol. The fraction of sp³-hybridized carbons (Fsp3) is 0.458. The zero-order chi connectivity index (χ0) is 20.5. The van der Waals surface area contributed by atoms with Crippen LogP contribution >= 0.6 is 0 Å². The van der Waals surface area contributed by atoms with E-state index in [0.29, 0.717) is 26.3 Å². The molecule has 2 N–H and O–H groups in total. The van der Waals surface area contributed by atoms with Gasteiger partial charge >= 0.3 is 0 Å². The van der Waals surface area contributed by atoms with E-state index in [0.717, 1.165) is 42.7 Å². The molecule has 0 unspecified atom stereocenters. The number of nitrogens with one attached hydrogen (secondary N) is 2. The van der Waals surface area contributed by atoms with Crippen molar-refractivity contribution in [2.75, 3.05) is 26.3 Å². The Bertz CT molecular complexity index is 806. The van der Waals surface area contributed by atoms with Crippen molar-refractivity contribution in [3.8, 4) is 11.5 Å². The van der Waals surface area contributed by atoms with Crippen molar-refractivity contribution in [2.24, 2.45) is 0 Å². The van der Waals surface area contributed by atoms with Gasteiger partial charge in [-0.05, 0) is 68.4 Å². The second-order valence-electron chi connectivity index (χ2n) is 7.27. The van der Waals surface area contributed by atoms with Crippen LogP contribution in [-0.2, 0) is 17.6 Å². The van der Waals surface area contributed by atoms with Crippen molar-refractivity contribution >= 4 is 5.91 Å². The number of rotatable bonds is 10. The summed E-state index contributed by atoms with van der Waals surface area (Å²) >= 11 is 0. The van der Waals surface area contributed by atoms with Gasteiger partial charge in [-0.25, -0.2) is 0 Å². The first-order chi connectivity index (χ1) is 14.2. The maximum absolute atomic E-state index is 12.3. The van der Waals surface area contributed by atoms with Crippen LogP contribution in [0.2, 0.25) is 0 Å². The highest BCUT2D eigenvalue weighted by molar-refractivity contribution is 5.78. The molecule has 0 saturated heterocycles. The second kappa shape index (κ2) is 10.9. The lowest BCUT2D eigenvalue weighted by molar-refractivity contribution is -0.120. The highest BCUT2D eigenvalue weighted by Gasteiger charge is 2.19. The molecule has 0 aromatic heterocycles. The van der Waals surface area contributed by atoms with Gasteiger partial charge in [-0.15, -0.1) is 0 Å². The summed E-state index contributed by atoms with van der Waals surface area (Å²) < 4.78 is 11.3. The van der Waals surface area contributed by atoms with Gasteiger partial charge in [0.2, 0.25) is 5.91 Å². The van der Waals surface area contributed by atoms with Crippen molar-refractivity contribution < 1.29 is 14.3 Å². The molecule has 3 rings (SSSR count). The fourth-order valence-corrected chi connectivity index (χ4v) is 3.84. The molecule has 1 atom stereocenters. The lowest BCUT2D eigenvalue weighted by Crippen LogP contribution is -2.37. The molecule has 1 aliphatic rings. The van der Waals surface area contributed by atoms with E-state index in [1.54, 1.807) is 0 Å². The number of amides is 1. The van der Waals surface area contributed by atoms with Gasteiger partial charge in [-0.2, -0.15) is 0 Å². The Balaban J connectivity index is 1.45. The lowest BCUT2D eigenvalue weighted by Gasteiger charge is -2.26. The summed E-state index contributed by atoms with van der Waals surface area (Å²) in [6, 6.07) is 14.8. The number of fused-ring (bicyclic) bond motifs is 1. The molecule has 1 aliphatic carbocycles. The van der Waals surface area contributed by atoms with E-state index in [2.05, 4.69) is 34.9 Å². The van der Waals surface area contributed by atoms with Gasteiger partial charge in [0.05, 0.1) is 19.8 Å². The van der Waals surface area contributed by atoms with Crippen LogP contribution in [0.4, 0.5) is 0 Å². The van der Waals surface area contributed by atoms with Gasteiger partial charge < -0.3 is 20.1 Å². The Kier molecular flexibility index (Phi) is 7.94. The van der Waals surface area contributed by atoms with Gasteiger partial charge in [-0.3, -0.25) is 4.79 Å². The summed E-state index contributed by atoms with van der Waals surface area (Å²) in [4.78, 5) is 12.3. The molecular formula is C24H32N2O3. The molecule has 156 valence electrons. The number of carbonyl (C=O) groups excluding carboxylic acids is 1. The number of hydrogen-bond acceptors (Lipinski definition) is 4. The van der Waals surface area contributed by atoms with E-state index >= 15 is 0 Å². The Morgan fingerprint density at radius 3 is 2.69 bits per heavy atom. The van der Waals surface area contributed by atoms with Gasteiger partial charge in [0.25, 0.3) is 0 Å². The van der Waals surface area contributed by atoms with E-state index in [-0.39, 0.29) is 11.9 Å². The normalized spacial score (nSPS) is 15.4. The minimum Gasteiger partial charge on any atom is -0.490 e. The van der Waals surface area contributed by atoms with Gasteiger partial charge in [0.1, 0.15) is 0 Å². The third-order valence-electron chi connectivity index (χ3n) is 5.22. The van der Waals surface area contributed by atoms with Crippen molar-refractivity contribution in [3.63, 3.8) is 0 Å². The van der Waals surface area contributed by atoms with E-state index in [9.17, 15) is 4.79 Å². The van der Waals surface area contributed by atoms with Crippen molar-refractivity contribution in [1.82, 2.24) is 10.6 Å². The molecule has 0 fully saturated rings. The molecule has 0 saturated carbocycles. The van der Waals surface area contributed by atoms with E-state index in [4.69, 9.17) is 9.47 Å². The van der Waals surface area contributed by atoms with Crippen molar-refractivity contribution in [3.05, 3.63) is 59.2 Å². The molecule has 0 heterocycles. The minimum atomic E-state index is 0.0315. The predicted octanol–water partition coefficient (Wildman–Crippen LogP) is 3.81. The Morgan fingerprint density at radius 1 is 1.07 bits per heavy atom. The summed E-state index contributed by atoms with van der Waals surface area (Å²) in [5, 5.41) is 6.44. The summed E-state index contributed by atoms with van der Waals surface area (Å²) in [5.74, 6) is 1.55. The molecule has 0 spiro atoms. The van der Waals surface area contributed by atoms with Gasteiger partial charge in [-0.1, -0.05) is 30.3 Å². The second-order valence-corrected chi connectivity index (χ2v) is 7.27. The summed E-state index contributed by atoms with van der Waals surface area (Å²) in [7, 11) is 0. The Hall–Kier alpha value is -2.53. The number of carbonyl (C=O) groups is 1. The van der Waals surface area contributed by atoms with Crippen LogP contribution in [0.1, 0.15) is 49.4 Å². The first kappa shape index (κ1) is 21.2. The quantitative estimate of drug-likeness (QED) is 0.641. The maximum atomic E-state index is 12.3.